The van der Waals surface area contributed by atoms with E-state index in [0.29, 0.717) is 6.04 Å². The number of carbonyl (C=O) groups is 1. The maximum Gasteiger partial charge on any atom is 0.251 e. The van der Waals surface area contributed by atoms with E-state index in [1.807, 2.05) is 24.3 Å². The molecule has 3 saturated carbocycles. The second-order valence-electron chi connectivity index (χ2n) is 6.04. The fourth-order valence-electron chi connectivity index (χ4n) is 4.40. The first-order valence-electron chi connectivity index (χ1n) is 6.84. The minimum Gasteiger partial charge on any atom is -0.349 e. The van der Waals surface area contributed by atoms with E-state index in [2.05, 4.69) is 17.9 Å². The number of benzene rings is 1. The van der Waals surface area contributed by atoms with Crippen LogP contribution in [0.15, 0.2) is 29.2 Å². The second-order valence-corrected chi connectivity index (χ2v) is 6.55. The Kier molecular flexibility index (Phi) is 2.28. The molecule has 18 heavy (non-hydrogen) atoms. The van der Waals surface area contributed by atoms with E-state index in [-0.39, 0.29) is 5.91 Å². The Balaban J connectivity index is 1.46. The summed E-state index contributed by atoms with van der Waals surface area (Å²) in [5.41, 5.74) is 0.736. The third-order valence-electron chi connectivity index (χ3n) is 5.14. The molecule has 0 saturated heterocycles. The molecule has 4 unspecified atom stereocenters. The van der Waals surface area contributed by atoms with Gasteiger partial charge in [-0.25, -0.2) is 0 Å². The van der Waals surface area contributed by atoms with E-state index in [0.717, 1.165) is 34.1 Å². The zero-order valence-electron chi connectivity index (χ0n) is 10.2. The highest BCUT2D eigenvalue weighted by Gasteiger charge is 2.65. The molecule has 0 heterocycles. The fraction of sp³-hybridized carbons (Fsp3) is 0.533. The van der Waals surface area contributed by atoms with Crippen molar-refractivity contribution in [1.82, 2.24) is 5.32 Å². The van der Waals surface area contributed by atoms with E-state index >= 15 is 0 Å². The first kappa shape index (κ1) is 10.9. The smallest absolute Gasteiger partial charge is 0.251 e. The standard InChI is InChI=1S/C15H17NOS/c17-15(10-2-1-3-11(18)7-10)16-14-12-8-4-5-9(6-8)13(12)14/h1-3,7-9,12-14,18H,4-6H2,(H,16,17). The molecular weight excluding hydrogens is 242 g/mol. The van der Waals surface area contributed by atoms with E-state index in [4.69, 9.17) is 0 Å². The number of amides is 1. The molecule has 3 aliphatic carbocycles. The first-order chi connectivity index (χ1) is 8.74. The van der Waals surface area contributed by atoms with Gasteiger partial charge < -0.3 is 5.32 Å². The van der Waals surface area contributed by atoms with Gasteiger partial charge in [-0.15, -0.1) is 12.6 Å². The minimum absolute atomic E-state index is 0.0738. The number of fused-ring (bicyclic) bond motifs is 5. The summed E-state index contributed by atoms with van der Waals surface area (Å²) in [6.07, 6.45) is 4.21. The van der Waals surface area contributed by atoms with E-state index in [9.17, 15) is 4.79 Å². The molecule has 94 valence electrons. The lowest BCUT2D eigenvalue weighted by atomic mass is 10.0. The Morgan fingerprint density at radius 3 is 2.61 bits per heavy atom. The summed E-state index contributed by atoms with van der Waals surface area (Å²) in [6, 6.07) is 7.94. The highest BCUT2D eigenvalue weighted by atomic mass is 32.1. The highest BCUT2D eigenvalue weighted by molar-refractivity contribution is 7.80. The Morgan fingerprint density at radius 2 is 1.94 bits per heavy atom. The number of thiol groups is 1. The zero-order chi connectivity index (χ0) is 12.3. The van der Waals surface area contributed by atoms with Crippen molar-refractivity contribution in [2.45, 2.75) is 30.2 Å². The third-order valence-corrected chi connectivity index (χ3v) is 5.42. The van der Waals surface area contributed by atoms with Gasteiger partial charge in [0.1, 0.15) is 0 Å². The Hall–Kier alpha value is -0.960. The van der Waals surface area contributed by atoms with Crippen LogP contribution < -0.4 is 5.32 Å². The van der Waals surface area contributed by atoms with Crippen LogP contribution >= 0.6 is 12.6 Å². The summed E-state index contributed by atoms with van der Waals surface area (Å²) in [6.45, 7) is 0. The van der Waals surface area contributed by atoms with Crippen molar-refractivity contribution < 1.29 is 4.79 Å². The van der Waals surface area contributed by atoms with Gasteiger partial charge in [-0.2, -0.15) is 0 Å². The molecule has 1 aromatic carbocycles. The molecule has 1 aromatic rings. The molecule has 4 atom stereocenters. The Morgan fingerprint density at radius 1 is 1.22 bits per heavy atom. The molecule has 4 rings (SSSR count). The molecular formula is C15H17NOS. The van der Waals surface area contributed by atoms with Crippen molar-refractivity contribution in [2.75, 3.05) is 0 Å². The maximum atomic E-state index is 12.2. The lowest BCUT2D eigenvalue weighted by molar-refractivity contribution is 0.0944. The van der Waals surface area contributed by atoms with Gasteiger partial charge in [0.15, 0.2) is 0 Å². The molecule has 3 aliphatic rings. The van der Waals surface area contributed by atoms with Gasteiger partial charge >= 0.3 is 0 Å². The van der Waals surface area contributed by atoms with Crippen LogP contribution in [0, 0.1) is 23.7 Å². The first-order valence-corrected chi connectivity index (χ1v) is 7.28. The zero-order valence-corrected chi connectivity index (χ0v) is 11.1. The average Bonchev–Trinajstić information content (AvgIpc) is 2.77. The molecule has 1 N–H and O–H groups in total. The van der Waals surface area contributed by atoms with Crippen LogP contribution in [-0.4, -0.2) is 11.9 Å². The van der Waals surface area contributed by atoms with E-state index < -0.39 is 0 Å². The summed E-state index contributed by atoms with van der Waals surface area (Å²) in [4.78, 5) is 13.0. The minimum atomic E-state index is 0.0738. The van der Waals surface area contributed by atoms with Crippen LogP contribution in [0.4, 0.5) is 0 Å². The molecule has 0 spiro atoms. The third kappa shape index (κ3) is 1.53. The normalized spacial score (nSPS) is 39.5. The van der Waals surface area contributed by atoms with Crippen LogP contribution in [0.5, 0.6) is 0 Å². The van der Waals surface area contributed by atoms with E-state index in [1.54, 1.807) is 0 Å². The maximum absolute atomic E-state index is 12.2. The van der Waals surface area contributed by atoms with Gasteiger partial charge in [-0.1, -0.05) is 6.07 Å². The highest BCUT2D eigenvalue weighted by Crippen LogP contribution is 2.65. The second kappa shape index (κ2) is 3.77. The quantitative estimate of drug-likeness (QED) is 0.786. The van der Waals surface area contributed by atoms with Gasteiger partial charge in [0.25, 0.3) is 5.91 Å². The van der Waals surface area contributed by atoms with Gasteiger partial charge in [-0.3, -0.25) is 4.79 Å². The largest absolute Gasteiger partial charge is 0.349 e. The lowest BCUT2D eigenvalue weighted by Gasteiger charge is -2.10. The van der Waals surface area contributed by atoms with Crippen molar-refractivity contribution in [3.8, 4) is 0 Å². The Bertz CT molecular complexity index is 499. The van der Waals surface area contributed by atoms with Gasteiger partial charge in [0.05, 0.1) is 0 Å². The van der Waals surface area contributed by atoms with Crippen molar-refractivity contribution >= 4 is 18.5 Å². The van der Waals surface area contributed by atoms with Crippen molar-refractivity contribution in [1.29, 1.82) is 0 Å². The molecule has 3 heteroatoms. The van der Waals surface area contributed by atoms with Crippen LogP contribution in [0.2, 0.25) is 0 Å². The van der Waals surface area contributed by atoms with E-state index in [1.165, 1.54) is 19.3 Å². The summed E-state index contributed by atoms with van der Waals surface area (Å²) in [7, 11) is 0. The number of carbonyl (C=O) groups excluding carboxylic acids is 1. The average molecular weight is 259 g/mol. The molecule has 3 fully saturated rings. The van der Waals surface area contributed by atoms with Crippen LogP contribution in [-0.2, 0) is 0 Å². The van der Waals surface area contributed by atoms with Crippen molar-refractivity contribution in [2.24, 2.45) is 23.7 Å². The fourth-order valence-corrected chi connectivity index (χ4v) is 4.63. The van der Waals surface area contributed by atoms with Crippen molar-refractivity contribution in [3.05, 3.63) is 29.8 Å². The van der Waals surface area contributed by atoms with Crippen LogP contribution in [0.3, 0.4) is 0 Å². The van der Waals surface area contributed by atoms with Crippen LogP contribution in [0.1, 0.15) is 29.6 Å². The lowest BCUT2D eigenvalue weighted by Crippen LogP contribution is -2.29. The SMILES string of the molecule is O=C(NC1C2C3CCC(C3)C12)c1cccc(S)c1. The van der Waals surface area contributed by atoms with Crippen molar-refractivity contribution in [3.63, 3.8) is 0 Å². The number of hydrogen-bond donors (Lipinski definition) is 2. The molecule has 0 radical (unpaired) electrons. The molecule has 2 nitrogen and oxygen atoms in total. The predicted octanol–water partition coefficient (Wildman–Crippen LogP) is 2.75. The predicted molar refractivity (Wildman–Crippen MR) is 72.8 cm³/mol. The van der Waals surface area contributed by atoms with Gasteiger partial charge in [-0.05, 0) is 61.1 Å². The molecule has 0 aliphatic heterocycles. The molecule has 1 amide bonds. The monoisotopic (exact) mass is 259 g/mol. The summed E-state index contributed by atoms with van der Waals surface area (Å²) in [5, 5.41) is 3.23. The van der Waals surface area contributed by atoms with Crippen LogP contribution in [0.25, 0.3) is 0 Å². The molecule has 0 aromatic heterocycles. The number of rotatable bonds is 2. The number of hydrogen-bond acceptors (Lipinski definition) is 2. The van der Waals surface area contributed by atoms with Gasteiger partial charge in [0.2, 0.25) is 0 Å². The topological polar surface area (TPSA) is 29.1 Å². The summed E-state index contributed by atoms with van der Waals surface area (Å²) >= 11 is 4.28. The Labute approximate surface area is 113 Å². The summed E-state index contributed by atoms with van der Waals surface area (Å²) < 4.78 is 0. The van der Waals surface area contributed by atoms with Gasteiger partial charge in [0, 0.05) is 16.5 Å². The molecule has 2 bridgehead atoms. The number of nitrogens with one attached hydrogen (secondary N) is 1. The summed E-state index contributed by atoms with van der Waals surface area (Å²) in [5.74, 6) is 3.48.